The average Bonchev–Trinajstić information content (AvgIpc) is 3.07. The van der Waals surface area contributed by atoms with Gasteiger partial charge in [-0.15, -0.1) is 0 Å². The molecule has 1 amide bonds. The topological polar surface area (TPSA) is 108 Å². The summed E-state index contributed by atoms with van der Waals surface area (Å²) in [5.74, 6) is -1.06. The molecule has 8 heteroatoms. The maximum Gasteiger partial charge on any atom is 0.303 e. The van der Waals surface area contributed by atoms with E-state index < -0.39 is 12.3 Å². The minimum Gasteiger partial charge on any atom is -0.481 e. The van der Waals surface area contributed by atoms with E-state index in [0.29, 0.717) is 19.4 Å². The van der Waals surface area contributed by atoms with E-state index in [2.05, 4.69) is 47.6 Å². The molecule has 0 spiro atoms. The summed E-state index contributed by atoms with van der Waals surface area (Å²) >= 11 is 0. The van der Waals surface area contributed by atoms with Crippen molar-refractivity contribution < 1.29 is 29.3 Å². The predicted molar refractivity (Wildman–Crippen MR) is 176 cm³/mol. The first-order valence-electron chi connectivity index (χ1n) is 15.8. The van der Waals surface area contributed by atoms with Crippen LogP contribution >= 0.6 is 0 Å². The van der Waals surface area contributed by atoms with Crippen molar-refractivity contribution in [1.29, 1.82) is 0 Å². The number of carbonyl (C=O) groups excluding carboxylic acids is 1. The van der Waals surface area contributed by atoms with E-state index in [4.69, 9.17) is 14.6 Å². The first-order valence-corrected chi connectivity index (χ1v) is 15.8. The maximum atomic E-state index is 12.2. The monoisotopic (exact) mass is 622 g/mol. The number of nitrogens with one attached hydrogen (secondary N) is 1. The number of amides is 1. The molecule has 3 atom stereocenters. The first kappa shape index (κ1) is 33.0. The van der Waals surface area contributed by atoms with Crippen LogP contribution in [-0.4, -0.2) is 46.7 Å². The Morgan fingerprint density at radius 2 is 1.52 bits per heavy atom. The van der Waals surface area contributed by atoms with Crippen molar-refractivity contribution in [1.82, 2.24) is 10.2 Å². The molecule has 4 aromatic carbocycles. The largest absolute Gasteiger partial charge is 0.481 e. The van der Waals surface area contributed by atoms with Gasteiger partial charge in [0.15, 0.2) is 6.29 Å². The van der Waals surface area contributed by atoms with Gasteiger partial charge in [0.2, 0.25) is 5.91 Å². The molecule has 1 aliphatic rings. The van der Waals surface area contributed by atoms with Gasteiger partial charge >= 0.3 is 5.97 Å². The van der Waals surface area contributed by atoms with Gasteiger partial charge < -0.3 is 25.0 Å². The average molecular weight is 623 g/mol. The molecule has 46 heavy (non-hydrogen) atoms. The van der Waals surface area contributed by atoms with Gasteiger partial charge in [0.05, 0.1) is 18.8 Å². The second-order valence-electron chi connectivity index (χ2n) is 11.9. The Morgan fingerprint density at radius 1 is 0.804 bits per heavy atom. The smallest absolute Gasteiger partial charge is 0.303 e. The quantitative estimate of drug-likeness (QED) is 0.150. The second-order valence-corrected chi connectivity index (χ2v) is 11.9. The summed E-state index contributed by atoms with van der Waals surface area (Å²) in [7, 11) is 2.11. The molecule has 240 valence electrons. The highest BCUT2D eigenvalue weighted by atomic mass is 16.7. The van der Waals surface area contributed by atoms with Crippen LogP contribution < -0.4 is 5.32 Å². The van der Waals surface area contributed by atoms with Gasteiger partial charge in [-0.2, -0.15) is 0 Å². The lowest BCUT2D eigenvalue weighted by Crippen LogP contribution is -2.37. The number of ether oxygens (including phenoxy) is 2. The van der Waals surface area contributed by atoms with Crippen molar-refractivity contribution >= 4 is 11.9 Å². The van der Waals surface area contributed by atoms with Gasteiger partial charge in [-0.05, 0) is 59.0 Å². The highest BCUT2D eigenvalue weighted by molar-refractivity contribution is 5.76. The second kappa shape index (κ2) is 16.3. The van der Waals surface area contributed by atoms with Gasteiger partial charge in [0.25, 0.3) is 0 Å². The van der Waals surface area contributed by atoms with E-state index in [-0.39, 0.29) is 37.6 Å². The van der Waals surface area contributed by atoms with E-state index in [9.17, 15) is 14.7 Å². The summed E-state index contributed by atoms with van der Waals surface area (Å²) in [4.78, 5) is 25.2. The van der Waals surface area contributed by atoms with Crippen molar-refractivity contribution in [3.63, 3.8) is 0 Å². The number of carbonyl (C=O) groups is 2. The van der Waals surface area contributed by atoms with Crippen LogP contribution in [0.15, 0.2) is 103 Å². The lowest BCUT2D eigenvalue weighted by atomic mass is 9.98. The molecule has 0 aromatic heterocycles. The van der Waals surface area contributed by atoms with Crippen LogP contribution in [0.2, 0.25) is 0 Å². The zero-order chi connectivity index (χ0) is 32.3. The molecule has 4 aromatic rings. The van der Waals surface area contributed by atoms with E-state index >= 15 is 0 Å². The molecule has 0 aliphatic carbocycles. The minimum absolute atomic E-state index is 0.00238. The van der Waals surface area contributed by atoms with Crippen molar-refractivity contribution in [2.45, 2.75) is 63.9 Å². The standard InChI is InChI=1S/C38H42N2O6/c1-40(24-27-8-3-2-4-9-27)25-34-22-35(30-18-16-28(26-41)17-19-30)46-38(45-34)33-13-6-12-32(21-33)31-11-5-10-29(20-31)23-39-36(42)14-7-15-37(43)44/h2-6,8-13,16-21,34-35,38,41H,7,14-15,22-26H2,1H3,(H,39,42)(H,43,44)/t34-,35+,38+/m1/s1. The van der Waals surface area contributed by atoms with Gasteiger partial charge in [-0.1, -0.05) is 91.0 Å². The van der Waals surface area contributed by atoms with Crippen LogP contribution in [0.5, 0.6) is 0 Å². The van der Waals surface area contributed by atoms with Crippen LogP contribution in [0, 0.1) is 0 Å². The fraction of sp³-hybridized carbons (Fsp3) is 0.316. The van der Waals surface area contributed by atoms with Crippen LogP contribution in [0.25, 0.3) is 11.1 Å². The number of aliphatic hydroxyl groups is 1. The zero-order valence-corrected chi connectivity index (χ0v) is 26.2. The Labute approximate surface area is 270 Å². The SMILES string of the molecule is CN(Cc1ccccc1)C[C@H]1C[C@@H](c2ccc(CO)cc2)O[C@@H](c2cccc(-c3cccc(CNC(=O)CCCC(=O)O)c3)c2)O1. The third kappa shape index (κ3) is 9.58. The Bertz CT molecular complexity index is 1580. The summed E-state index contributed by atoms with van der Waals surface area (Å²) in [5.41, 5.74) is 7.04. The third-order valence-electron chi connectivity index (χ3n) is 8.13. The number of hydrogen-bond acceptors (Lipinski definition) is 6. The molecule has 1 aliphatic heterocycles. The lowest BCUT2D eigenvalue weighted by Gasteiger charge is -2.38. The highest BCUT2D eigenvalue weighted by Gasteiger charge is 2.33. The van der Waals surface area contributed by atoms with Crippen LogP contribution in [0.1, 0.15) is 65.9 Å². The summed E-state index contributed by atoms with van der Waals surface area (Å²) < 4.78 is 13.2. The van der Waals surface area contributed by atoms with E-state index in [1.165, 1.54) is 5.56 Å². The van der Waals surface area contributed by atoms with Crippen molar-refractivity contribution in [2.24, 2.45) is 0 Å². The van der Waals surface area contributed by atoms with Crippen molar-refractivity contribution in [2.75, 3.05) is 13.6 Å². The number of aliphatic hydroxyl groups excluding tert-OH is 1. The Balaban J connectivity index is 1.30. The number of rotatable bonds is 14. The van der Waals surface area contributed by atoms with E-state index in [0.717, 1.165) is 46.5 Å². The van der Waals surface area contributed by atoms with Gasteiger partial charge in [-0.25, -0.2) is 0 Å². The Hall–Kier alpha value is -4.34. The zero-order valence-electron chi connectivity index (χ0n) is 26.2. The fourth-order valence-corrected chi connectivity index (χ4v) is 5.76. The number of aliphatic carboxylic acids is 1. The normalized spacial score (nSPS) is 17.9. The molecule has 0 saturated carbocycles. The number of hydrogen-bond donors (Lipinski definition) is 3. The fourth-order valence-electron chi connectivity index (χ4n) is 5.76. The molecule has 1 heterocycles. The van der Waals surface area contributed by atoms with Gasteiger partial charge in [0, 0.05) is 44.5 Å². The highest BCUT2D eigenvalue weighted by Crippen LogP contribution is 2.39. The number of carboxylic acids is 1. The van der Waals surface area contributed by atoms with E-state index in [1.54, 1.807) is 0 Å². The molecule has 0 bridgehead atoms. The summed E-state index contributed by atoms with van der Waals surface area (Å²) in [6.07, 6.45) is 0.380. The summed E-state index contributed by atoms with van der Waals surface area (Å²) in [6, 6.07) is 34.5. The van der Waals surface area contributed by atoms with Crippen LogP contribution in [0.3, 0.4) is 0 Å². The van der Waals surface area contributed by atoms with Crippen molar-refractivity contribution in [3.05, 3.63) is 131 Å². The molecular weight excluding hydrogens is 580 g/mol. The van der Waals surface area contributed by atoms with Gasteiger partial charge in [0.1, 0.15) is 0 Å². The Kier molecular flexibility index (Phi) is 11.7. The molecule has 8 nitrogen and oxygen atoms in total. The minimum atomic E-state index is -0.898. The number of nitrogens with zero attached hydrogens (tertiary/aromatic N) is 1. The molecule has 1 fully saturated rings. The predicted octanol–water partition coefficient (Wildman–Crippen LogP) is 6.39. The number of likely N-dealkylation sites (N-methyl/N-ethyl adjacent to an activating group) is 1. The Morgan fingerprint density at radius 3 is 2.26 bits per heavy atom. The molecule has 1 saturated heterocycles. The summed E-state index contributed by atoms with van der Waals surface area (Å²) in [5, 5.41) is 21.2. The number of benzene rings is 4. The van der Waals surface area contributed by atoms with Crippen LogP contribution in [0.4, 0.5) is 0 Å². The molecule has 3 N–H and O–H groups in total. The first-order chi connectivity index (χ1) is 22.4. The van der Waals surface area contributed by atoms with Gasteiger partial charge in [-0.3, -0.25) is 14.5 Å². The third-order valence-corrected chi connectivity index (χ3v) is 8.13. The summed E-state index contributed by atoms with van der Waals surface area (Å²) in [6.45, 7) is 1.92. The lowest BCUT2D eigenvalue weighted by molar-refractivity contribution is -0.252. The molecular formula is C38H42N2O6. The van der Waals surface area contributed by atoms with E-state index in [1.807, 2.05) is 72.8 Å². The molecule has 5 rings (SSSR count). The maximum absolute atomic E-state index is 12.2. The van der Waals surface area contributed by atoms with Crippen molar-refractivity contribution in [3.8, 4) is 11.1 Å². The molecule has 0 unspecified atom stereocenters. The number of carboxylic acid groups (broad SMARTS) is 1. The molecule has 0 radical (unpaired) electrons. The van der Waals surface area contributed by atoms with Crippen LogP contribution in [-0.2, 0) is 38.8 Å².